The number of amides is 2. The minimum Gasteiger partial charge on any atom is -0.460 e. The summed E-state index contributed by atoms with van der Waals surface area (Å²) in [5.41, 5.74) is 0.235. The van der Waals surface area contributed by atoms with Gasteiger partial charge in [0.1, 0.15) is 11.5 Å². The van der Waals surface area contributed by atoms with E-state index in [1.54, 1.807) is 18.3 Å². The number of nitrogens with zero attached hydrogens (tertiary/aromatic N) is 1. The van der Waals surface area contributed by atoms with Crippen molar-refractivity contribution in [2.24, 2.45) is 5.41 Å². The molecule has 1 saturated carbocycles. The standard InChI is InChI=1S/C20H24N2O3S/c1-14(23)22-10-8-20(9-11-22)13-18(20)21-19(24)7-5-15-4-6-16(25-15)17-3-2-12-26-17/h2-4,6,12,18H,5,7-11,13H2,1H3,(H,21,24). The van der Waals surface area contributed by atoms with Gasteiger partial charge in [-0.05, 0) is 48.3 Å². The van der Waals surface area contributed by atoms with Crippen LogP contribution in [0.2, 0.25) is 0 Å². The van der Waals surface area contributed by atoms with Gasteiger partial charge >= 0.3 is 0 Å². The summed E-state index contributed by atoms with van der Waals surface area (Å²) in [4.78, 5) is 26.7. The van der Waals surface area contributed by atoms with Gasteiger partial charge in [-0.15, -0.1) is 11.3 Å². The average molecular weight is 372 g/mol. The molecule has 138 valence electrons. The van der Waals surface area contributed by atoms with Crippen molar-refractivity contribution >= 4 is 23.2 Å². The number of piperidine rings is 1. The van der Waals surface area contributed by atoms with E-state index in [0.29, 0.717) is 12.8 Å². The van der Waals surface area contributed by atoms with Gasteiger partial charge < -0.3 is 14.6 Å². The van der Waals surface area contributed by atoms with Crippen molar-refractivity contribution in [2.75, 3.05) is 13.1 Å². The fourth-order valence-corrected chi connectivity index (χ4v) is 4.62. The number of carbonyl (C=O) groups is 2. The van der Waals surface area contributed by atoms with Crippen molar-refractivity contribution in [2.45, 2.75) is 45.1 Å². The summed E-state index contributed by atoms with van der Waals surface area (Å²) in [7, 11) is 0. The van der Waals surface area contributed by atoms with Crippen LogP contribution in [0.4, 0.5) is 0 Å². The summed E-state index contributed by atoms with van der Waals surface area (Å²) in [5, 5.41) is 5.21. The summed E-state index contributed by atoms with van der Waals surface area (Å²) in [5.74, 6) is 1.97. The van der Waals surface area contributed by atoms with Crippen LogP contribution in [-0.2, 0) is 16.0 Å². The number of carbonyl (C=O) groups excluding carboxylic acids is 2. The number of thiophene rings is 1. The van der Waals surface area contributed by atoms with Gasteiger partial charge in [0.05, 0.1) is 4.88 Å². The van der Waals surface area contributed by atoms with Crippen LogP contribution in [0.15, 0.2) is 34.1 Å². The van der Waals surface area contributed by atoms with Crippen molar-refractivity contribution in [3.63, 3.8) is 0 Å². The first-order valence-electron chi connectivity index (χ1n) is 9.23. The maximum absolute atomic E-state index is 12.3. The van der Waals surface area contributed by atoms with Gasteiger partial charge in [0.15, 0.2) is 0 Å². The molecule has 1 atom stereocenters. The number of furan rings is 1. The molecule has 1 unspecified atom stereocenters. The Hall–Kier alpha value is -2.08. The lowest BCUT2D eigenvalue weighted by Crippen LogP contribution is -2.40. The lowest BCUT2D eigenvalue weighted by Gasteiger charge is -2.32. The average Bonchev–Trinajstić information content (AvgIpc) is 3.08. The van der Waals surface area contributed by atoms with Crippen LogP contribution in [0.1, 0.15) is 38.4 Å². The predicted octanol–water partition coefficient (Wildman–Crippen LogP) is 3.46. The van der Waals surface area contributed by atoms with E-state index in [4.69, 9.17) is 4.42 Å². The smallest absolute Gasteiger partial charge is 0.220 e. The van der Waals surface area contributed by atoms with Crippen LogP contribution in [0.25, 0.3) is 10.6 Å². The van der Waals surface area contributed by atoms with E-state index in [2.05, 4.69) is 5.32 Å². The van der Waals surface area contributed by atoms with Crippen molar-refractivity contribution in [3.8, 4) is 10.6 Å². The minimum absolute atomic E-state index is 0.0925. The molecule has 1 saturated heterocycles. The molecule has 2 amide bonds. The molecule has 1 aliphatic heterocycles. The molecule has 2 aromatic heterocycles. The molecule has 1 aliphatic carbocycles. The highest BCUT2D eigenvalue weighted by atomic mass is 32.1. The van der Waals surface area contributed by atoms with Gasteiger partial charge in [0.25, 0.3) is 0 Å². The molecule has 1 N–H and O–H groups in total. The number of nitrogens with one attached hydrogen (secondary N) is 1. The van der Waals surface area contributed by atoms with E-state index in [1.165, 1.54) is 0 Å². The second-order valence-corrected chi connectivity index (χ2v) is 8.38. The molecule has 4 rings (SSSR count). The summed E-state index contributed by atoms with van der Waals surface area (Å²) in [6, 6.07) is 8.24. The Morgan fingerprint density at radius 3 is 2.81 bits per heavy atom. The molecular weight excluding hydrogens is 348 g/mol. The third-order valence-corrected chi connectivity index (χ3v) is 6.64. The van der Waals surface area contributed by atoms with E-state index in [0.717, 1.165) is 48.7 Å². The van der Waals surface area contributed by atoms with Crippen LogP contribution >= 0.6 is 11.3 Å². The first-order valence-corrected chi connectivity index (χ1v) is 10.1. The molecule has 1 spiro atoms. The first kappa shape index (κ1) is 17.3. The topological polar surface area (TPSA) is 62.6 Å². The highest BCUT2D eigenvalue weighted by Crippen LogP contribution is 2.53. The van der Waals surface area contributed by atoms with Crippen LogP contribution in [0, 0.1) is 5.41 Å². The number of hydrogen-bond donors (Lipinski definition) is 1. The van der Waals surface area contributed by atoms with Gasteiger partial charge in [-0.3, -0.25) is 9.59 Å². The van der Waals surface area contributed by atoms with E-state index >= 15 is 0 Å². The van der Waals surface area contributed by atoms with Gasteiger partial charge in [-0.25, -0.2) is 0 Å². The van der Waals surface area contributed by atoms with Gasteiger partial charge in [0.2, 0.25) is 11.8 Å². The Kier molecular flexibility index (Phi) is 4.61. The molecule has 0 bridgehead atoms. The van der Waals surface area contributed by atoms with Crippen LogP contribution in [-0.4, -0.2) is 35.8 Å². The SMILES string of the molecule is CC(=O)N1CCC2(CC1)CC2NC(=O)CCc1ccc(-c2cccs2)o1. The zero-order valence-corrected chi connectivity index (χ0v) is 15.8. The van der Waals surface area contributed by atoms with E-state index < -0.39 is 0 Å². The van der Waals surface area contributed by atoms with Crippen molar-refractivity contribution < 1.29 is 14.0 Å². The van der Waals surface area contributed by atoms with Crippen molar-refractivity contribution in [1.82, 2.24) is 10.2 Å². The minimum atomic E-state index is 0.0925. The fourth-order valence-electron chi connectivity index (χ4n) is 3.94. The quantitative estimate of drug-likeness (QED) is 0.874. The maximum Gasteiger partial charge on any atom is 0.220 e. The summed E-state index contributed by atoms with van der Waals surface area (Å²) in [6.45, 7) is 3.27. The Morgan fingerprint density at radius 2 is 2.12 bits per heavy atom. The Balaban J connectivity index is 1.23. The molecule has 5 nitrogen and oxygen atoms in total. The molecule has 2 aromatic rings. The molecular formula is C20H24N2O3S. The lowest BCUT2D eigenvalue weighted by atomic mass is 9.92. The molecule has 26 heavy (non-hydrogen) atoms. The lowest BCUT2D eigenvalue weighted by molar-refractivity contribution is -0.130. The van der Waals surface area contributed by atoms with Crippen LogP contribution < -0.4 is 5.32 Å². The number of rotatable bonds is 5. The number of hydrogen-bond acceptors (Lipinski definition) is 4. The number of likely N-dealkylation sites (tertiary alicyclic amines) is 1. The molecule has 0 aromatic carbocycles. The first-order chi connectivity index (χ1) is 12.6. The summed E-state index contributed by atoms with van der Waals surface area (Å²) in [6.07, 6.45) is 4.12. The highest BCUT2D eigenvalue weighted by Gasteiger charge is 2.55. The highest BCUT2D eigenvalue weighted by molar-refractivity contribution is 7.13. The summed E-state index contributed by atoms with van der Waals surface area (Å²) >= 11 is 1.65. The van der Waals surface area contributed by atoms with Crippen molar-refractivity contribution in [3.05, 3.63) is 35.4 Å². The normalized spacial score (nSPS) is 21.0. The van der Waals surface area contributed by atoms with Crippen LogP contribution in [0.3, 0.4) is 0 Å². The Labute approximate surface area is 157 Å². The molecule has 0 radical (unpaired) electrons. The second kappa shape index (κ2) is 6.91. The summed E-state index contributed by atoms with van der Waals surface area (Å²) < 4.78 is 5.84. The fraction of sp³-hybridized carbons (Fsp3) is 0.500. The Bertz CT molecular complexity index is 788. The third kappa shape index (κ3) is 3.56. The number of aryl methyl sites for hydroxylation is 1. The van der Waals surface area contributed by atoms with E-state index in [-0.39, 0.29) is 23.3 Å². The molecule has 6 heteroatoms. The second-order valence-electron chi connectivity index (χ2n) is 7.44. The van der Waals surface area contributed by atoms with Crippen molar-refractivity contribution in [1.29, 1.82) is 0 Å². The Morgan fingerprint density at radius 1 is 1.31 bits per heavy atom. The predicted molar refractivity (Wildman–Crippen MR) is 101 cm³/mol. The van der Waals surface area contributed by atoms with E-state index in [1.807, 2.05) is 34.5 Å². The monoisotopic (exact) mass is 372 g/mol. The van der Waals surface area contributed by atoms with Gasteiger partial charge in [-0.2, -0.15) is 0 Å². The zero-order chi connectivity index (χ0) is 18.1. The van der Waals surface area contributed by atoms with Gasteiger partial charge in [0, 0.05) is 38.9 Å². The largest absolute Gasteiger partial charge is 0.460 e. The molecule has 2 fully saturated rings. The van der Waals surface area contributed by atoms with Gasteiger partial charge in [-0.1, -0.05) is 6.07 Å². The third-order valence-electron chi connectivity index (χ3n) is 5.75. The van der Waals surface area contributed by atoms with E-state index in [9.17, 15) is 9.59 Å². The zero-order valence-electron chi connectivity index (χ0n) is 15.0. The molecule has 3 heterocycles. The van der Waals surface area contributed by atoms with Crippen LogP contribution in [0.5, 0.6) is 0 Å². The maximum atomic E-state index is 12.3. The molecule has 2 aliphatic rings.